The van der Waals surface area contributed by atoms with E-state index in [2.05, 4.69) is 4.98 Å². The van der Waals surface area contributed by atoms with E-state index >= 15 is 0 Å². The summed E-state index contributed by atoms with van der Waals surface area (Å²) in [6.45, 7) is 0. The van der Waals surface area contributed by atoms with E-state index in [1.807, 2.05) is 12.1 Å². The maximum Gasteiger partial charge on any atom is 0.306 e. The molecular formula is C10H11NO4S. The number of hydrogen-bond acceptors (Lipinski definition) is 4. The Bertz CT molecular complexity index is 615. The number of hydrogen-bond donors (Lipinski definition) is 1. The van der Waals surface area contributed by atoms with Gasteiger partial charge in [-0.3, -0.25) is 0 Å². The Balaban J connectivity index is 2.66. The first-order valence-corrected chi connectivity index (χ1v) is 6.36. The summed E-state index contributed by atoms with van der Waals surface area (Å²) in [5.74, 6) is 0.563. The molecule has 0 spiro atoms. The van der Waals surface area contributed by atoms with Crippen molar-refractivity contribution in [3.8, 4) is 11.5 Å². The monoisotopic (exact) mass is 241 g/mol. The quantitative estimate of drug-likeness (QED) is 0.827. The first-order chi connectivity index (χ1) is 7.51. The molecule has 0 aliphatic heterocycles. The highest BCUT2D eigenvalue weighted by atomic mass is 32.2. The van der Waals surface area contributed by atoms with Gasteiger partial charge in [-0.1, -0.05) is 0 Å². The third kappa shape index (κ3) is 1.96. The highest BCUT2D eigenvalue weighted by Crippen LogP contribution is 2.35. The lowest BCUT2D eigenvalue weighted by molar-refractivity contribution is 0.393. The fourth-order valence-corrected chi connectivity index (χ4v) is 1.94. The molecule has 0 radical (unpaired) electrons. The Labute approximate surface area is 93.1 Å². The number of rotatable bonds is 3. The molecule has 16 heavy (non-hydrogen) atoms. The summed E-state index contributed by atoms with van der Waals surface area (Å²) < 4.78 is 32.3. The van der Waals surface area contributed by atoms with E-state index in [-0.39, 0.29) is 5.75 Å². The van der Waals surface area contributed by atoms with Crippen molar-refractivity contribution in [2.45, 2.75) is 0 Å². The SMILES string of the molecule is COc1ccc2cc[nH]c2c1OS(C)(=O)=O. The summed E-state index contributed by atoms with van der Waals surface area (Å²) in [6, 6.07) is 5.31. The van der Waals surface area contributed by atoms with E-state index in [1.54, 1.807) is 12.3 Å². The van der Waals surface area contributed by atoms with Crippen LogP contribution in [-0.4, -0.2) is 26.8 Å². The molecule has 0 bridgehead atoms. The molecular weight excluding hydrogens is 230 g/mol. The number of aromatic nitrogens is 1. The Morgan fingerprint density at radius 2 is 2.00 bits per heavy atom. The second-order valence-corrected chi connectivity index (χ2v) is 4.90. The number of benzene rings is 1. The summed E-state index contributed by atoms with van der Waals surface area (Å²) >= 11 is 0. The molecule has 1 N–H and O–H groups in total. The van der Waals surface area contributed by atoms with Gasteiger partial charge in [0.2, 0.25) is 5.75 Å². The Kier molecular flexibility index (Phi) is 2.51. The summed E-state index contributed by atoms with van der Waals surface area (Å²) in [7, 11) is -2.12. The third-order valence-electron chi connectivity index (χ3n) is 2.10. The van der Waals surface area contributed by atoms with Crippen molar-refractivity contribution in [1.29, 1.82) is 0 Å². The first kappa shape index (κ1) is 10.8. The van der Waals surface area contributed by atoms with Crippen LogP contribution < -0.4 is 8.92 Å². The van der Waals surface area contributed by atoms with Gasteiger partial charge in [-0.25, -0.2) is 0 Å². The molecule has 0 saturated heterocycles. The van der Waals surface area contributed by atoms with Gasteiger partial charge in [0, 0.05) is 11.6 Å². The molecule has 1 heterocycles. The Morgan fingerprint density at radius 3 is 2.62 bits per heavy atom. The van der Waals surface area contributed by atoms with Crippen molar-refractivity contribution in [3.63, 3.8) is 0 Å². The van der Waals surface area contributed by atoms with E-state index in [0.29, 0.717) is 11.3 Å². The van der Waals surface area contributed by atoms with E-state index in [0.717, 1.165) is 11.6 Å². The molecule has 2 rings (SSSR count). The lowest BCUT2D eigenvalue weighted by Crippen LogP contribution is -2.07. The molecule has 0 atom stereocenters. The average Bonchev–Trinajstić information content (AvgIpc) is 2.64. The van der Waals surface area contributed by atoms with E-state index in [4.69, 9.17) is 8.92 Å². The van der Waals surface area contributed by atoms with Gasteiger partial charge in [0.15, 0.2) is 5.75 Å². The van der Waals surface area contributed by atoms with Crippen LogP contribution in [0.5, 0.6) is 11.5 Å². The van der Waals surface area contributed by atoms with Crippen LogP contribution in [0.15, 0.2) is 24.4 Å². The third-order valence-corrected chi connectivity index (χ3v) is 2.57. The van der Waals surface area contributed by atoms with Crippen LogP contribution in [0.3, 0.4) is 0 Å². The van der Waals surface area contributed by atoms with E-state index < -0.39 is 10.1 Å². The van der Waals surface area contributed by atoms with Crippen molar-refractivity contribution in [1.82, 2.24) is 4.98 Å². The normalized spacial score (nSPS) is 11.6. The van der Waals surface area contributed by atoms with E-state index in [1.165, 1.54) is 7.11 Å². The molecule has 6 heteroatoms. The van der Waals surface area contributed by atoms with Crippen molar-refractivity contribution in [3.05, 3.63) is 24.4 Å². The fraction of sp³-hybridized carbons (Fsp3) is 0.200. The summed E-state index contributed by atoms with van der Waals surface area (Å²) in [5.41, 5.74) is 0.602. The second kappa shape index (κ2) is 3.71. The van der Waals surface area contributed by atoms with Gasteiger partial charge in [-0.2, -0.15) is 8.42 Å². The molecule has 86 valence electrons. The highest BCUT2D eigenvalue weighted by molar-refractivity contribution is 7.86. The number of nitrogens with one attached hydrogen (secondary N) is 1. The molecule has 0 fully saturated rings. The fourth-order valence-electron chi connectivity index (χ4n) is 1.48. The maximum absolute atomic E-state index is 11.1. The summed E-state index contributed by atoms with van der Waals surface area (Å²) in [6.07, 6.45) is 2.70. The van der Waals surface area contributed by atoms with Gasteiger partial charge in [-0.05, 0) is 18.2 Å². The molecule has 0 aliphatic carbocycles. The molecule has 0 unspecified atom stereocenters. The van der Waals surface area contributed by atoms with E-state index in [9.17, 15) is 8.42 Å². The molecule has 1 aromatic carbocycles. The lowest BCUT2D eigenvalue weighted by atomic mass is 10.2. The standard InChI is InChI=1S/C10H11NO4S/c1-14-8-4-3-7-5-6-11-9(7)10(8)15-16(2,12)13/h3-6,11H,1-2H3. The van der Waals surface area contributed by atoms with Crippen LogP contribution in [-0.2, 0) is 10.1 Å². The van der Waals surface area contributed by atoms with Crippen LogP contribution in [0.25, 0.3) is 10.9 Å². The largest absolute Gasteiger partial charge is 0.493 e. The van der Waals surface area contributed by atoms with Gasteiger partial charge in [0.25, 0.3) is 0 Å². The predicted molar refractivity (Wildman–Crippen MR) is 60.3 cm³/mol. The molecule has 5 nitrogen and oxygen atoms in total. The number of fused-ring (bicyclic) bond motifs is 1. The van der Waals surface area contributed by atoms with Crippen molar-refractivity contribution in [2.75, 3.05) is 13.4 Å². The van der Waals surface area contributed by atoms with Gasteiger partial charge >= 0.3 is 10.1 Å². The minimum Gasteiger partial charge on any atom is -0.493 e. The highest BCUT2D eigenvalue weighted by Gasteiger charge is 2.15. The predicted octanol–water partition coefficient (Wildman–Crippen LogP) is 1.51. The zero-order chi connectivity index (χ0) is 11.8. The Morgan fingerprint density at radius 1 is 1.25 bits per heavy atom. The molecule has 0 aliphatic rings. The van der Waals surface area contributed by atoms with Gasteiger partial charge in [0.1, 0.15) is 0 Å². The first-order valence-electron chi connectivity index (χ1n) is 4.55. The number of H-pyrrole nitrogens is 1. The van der Waals surface area contributed by atoms with Crippen LogP contribution in [0, 0.1) is 0 Å². The number of aromatic amines is 1. The topological polar surface area (TPSA) is 68.4 Å². The van der Waals surface area contributed by atoms with Gasteiger partial charge in [0.05, 0.1) is 18.9 Å². The molecule has 0 amide bonds. The number of methoxy groups -OCH3 is 1. The molecule has 2 aromatic rings. The zero-order valence-electron chi connectivity index (χ0n) is 8.85. The molecule has 1 aromatic heterocycles. The maximum atomic E-state index is 11.1. The molecule has 0 saturated carbocycles. The average molecular weight is 241 g/mol. The smallest absolute Gasteiger partial charge is 0.306 e. The van der Waals surface area contributed by atoms with Crippen LogP contribution in [0.4, 0.5) is 0 Å². The van der Waals surface area contributed by atoms with Crippen molar-refractivity contribution in [2.24, 2.45) is 0 Å². The minimum absolute atomic E-state index is 0.188. The van der Waals surface area contributed by atoms with Crippen molar-refractivity contribution < 1.29 is 17.3 Å². The lowest BCUT2D eigenvalue weighted by Gasteiger charge is -2.09. The Hall–Kier alpha value is -1.69. The van der Waals surface area contributed by atoms with Gasteiger partial charge < -0.3 is 13.9 Å². The zero-order valence-corrected chi connectivity index (χ0v) is 9.67. The summed E-state index contributed by atoms with van der Waals surface area (Å²) in [5, 5.41) is 0.861. The van der Waals surface area contributed by atoms with Crippen molar-refractivity contribution >= 4 is 21.0 Å². The number of ether oxygens (including phenoxy) is 1. The second-order valence-electron chi connectivity index (χ2n) is 3.33. The van der Waals surface area contributed by atoms with Crippen LogP contribution >= 0.6 is 0 Å². The summed E-state index contributed by atoms with van der Waals surface area (Å²) in [4.78, 5) is 2.92. The van der Waals surface area contributed by atoms with Crippen LogP contribution in [0.1, 0.15) is 0 Å². The minimum atomic E-state index is -3.58. The van der Waals surface area contributed by atoms with Crippen LogP contribution in [0.2, 0.25) is 0 Å². The van der Waals surface area contributed by atoms with Gasteiger partial charge in [-0.15, -0.1) is 0 Å².